The van der Waals surface area contributed by atoms with E-state index in [1.807, 2.05) is 18.2 Å². The summed E-state index contributed by atoms with van der Waals surface area (Å²) in [5.41, 5.74) is 1.61. The zero-order valence-electron chi connectivity index (χ0n) is 18.4. The Balaban J connectivity index is 1.49. The molecule has 3 heterocycles. The first kappa shape index (κ1) is 21.7. The van der Waals surface area contributed by atoms with Crippen LogP contribution >= 0.6 is 0 Å². The molecule has 1 unspecified atom stereocenters. The van der Waals surface area contributed by atoms with E-state index in [-0.39, 0.29) is 37.2 Å². The molecule has 5 rings (SSSR count). The molecule has 33 heavy (non-hydrogen) atoms. The molecule has 1 atom stereocenters. The van der Waals surface area contributed by atoms with Gasteiger partial charge in [0, 0.05) is 32.1 Å². The number of aromatic amines is 1. The molecule has 0 radical (unpaired) electrons. The van der Waals surface area contributed by atoms with Crippen LogP contribution in [-0.4, -0.2) is 57.4 Å². The molecule has 1 aliphatic heterocycles. The summed E-state index contributed by atoms with van der Waals surface area (Å²) in [6, 6.07) is 5.69. The van der Waals surface area contributed by atoms with E-state index < -0.39 is 12.2 Å². The fourth-order valence-electron chi connectivity index (χ4n) is 4.14. The van der Waals surface area contributed by atoms with Gasteiger partial charge < -0.3 is 15.0 Å². The van der Waals surface area contributed by atoms with E-state index in [2.05, 4.69) is 27.5 Å². The van der Waals surface area contributed by atoms with Gasteiger partial charge in [0.2, 0.25) is 0 Å². The van der Waals surface area contributed by atoms with Gasteiger partial charge in [0.15, 0.2) is 0 Å². The molecular formula is C22H25F3N6O2. The first-order valence-electron chi connectivity index (χ1n) is 10.9. The molecule has 0 amide bonds. The van der Waals surface area contributed by atoms with Crippen molar-refractivity contribution in [1.29, 1.82) is 0 Å². The molecule has 2 N–H and O–H groups in total. The number of nitrogens with one attached hydrogen (secondary N) is 2. The van der Waals surface area contributed by atoms with E-state index >= 15 is 0 Å². The number of ether oxygens (including phenoxy) is 1. The number of fused-ring (bicyclic) bond motifs is 1. The van der Waals surface area contributed by atoms with Crippen molar-refractivity contribution in [2.75, 3.05) is 24.5 Å². The van der Waals surface area contributed by atoms with Crippen LogP contribution in [0.2, 0.25) is 0 Å². The minimum Gasteiger partial charge on any atom is -0.488 e. The lowest BCUT2D eigenvalue weighted by Crippen LogP contribution is -2.42. The number of nitrogens with zero attached hydrogens (tertiary/aromatic N) is 4. The van der Waals surface area contributed by atoms with Gasteiger partial charge in [-0.1, -0.05) is 0 Å². The summed E-state index contributed by atoms with van der Waals surface area (Å²) in [7, 11) is 1.53. The fraction of sp³-hybridized carbons (Fsp3) is 0.500. The predicted molar refractivity (Wildman–Crippen MR) is 118 cm³/mol. The number of aryl methyl sites for hydroxylation is 1. The van der Waals surface area contributed by atoms with Crippen LogP contribution in [0.4, 0.5) is 18.9 Å². The second-order valence-electron chi connectivity index (χ2n) is 9.00. The van der Waals surface area contributed by atoms with Crippen molar-refractivity contribution in [2.45, 2.75) is 44.0 Å². The molecular weight excluding hydrogens is 437 g/mol. The molecule has 1 aromatic carbocycles. The highest BCUT2D eigenvalue weighted by Crippen LogP contribution is 2.40. The van der Waals surface area contributed by atoms with Gasteiger partial charge in [0.25, 0.3) is 5.56 Å². The summed E-state index contributed by atoms with van der Waals surface area (Å²) in [6.45, 7) is 2.57. The lowest BCUT2D eigenvalue weighted by atomic mass is 10.1. The number of alkyl halides is 3. The molecule has 2 aromatic heterocycles. The zero-order chi connectivity index (χ0) is 23.4. The molecule has 8 nitrogen and oxygen atoms in total. The largest absolute Gasteiger partial charge is 0.488 e. The minimum atomic E-state index is -4.32. The summed E-state index contributed by atoms with van der Waals surface area (Å²) in [5, 5.41) is 15.1. The van der Waals surface area contributed by atoms with Gasteiger partial charge in [-0.05, 0) is 50.5 Å². The summed E-state index contributed by atoms with van der Waals surface area (Å²) < 4.78 is 46.7. The Labute approximate surface area is 187 Å². The third-order valence-electron chi connectivity index (χ3n) is 6.34. The van der Waals surface area contributed by atoms with Crippen LogP contribution in [0.25, 0.3) is 22.3 Å². The Morgan fingerprint density at radius 1 is 1.21 bits per heavy atom. The Kier molecular flexibility index (Phi) is 5.11. The van der Waals surface area contributed by atoms with E-state index in [0.717, 1.165) is 29.5 Å². The highest BCUT2D eigenvalue weighted by Gasteiger charge is 2.41. The van der Waals surface area contributed by atoms with Crippen LogP contribution in [0.1, 0.15) is 26.2 Å². The van der Waals surface area contributed by atoms with Crippen LogP contribution < -0.4 is 20.5 Å². The second kappa shape index (κ2) is 7.75. The number of hydrogen-bond donors (Lipinski definition) is 2. The van der Waals surface area contributed by atoms with E-state index in [1.165, 1.54) is 11.7 Å². The van der Waals surface area contributed by atoms with Gasteiger partial charge in [0.05, 0.1) is 5.52 Å². The SMILES string of the molecule is Cn1nc(-c2n[nH]c3ccc(OC4(C)CC4)cc23)cc(N2CCNC(C(F)(F)F)CC2)c1=O. The summed E-state index contributed by atoms with van der Waals surface area (Å²) in [5.74, 6) is 0.729. The zero-order valence-corrected chi connectivity index (χ0v) is 18.4. The van der Waals surface area contributed by atoms with Gasteiger partial charge in [-0.2, -0.15) is 23.4 Å². The Hall–Kier alpha value is -3.08. The molecule has 0 bridgehead atoms. The quantitative estimate of drug-likeness (QED) is 0.620. The Bertz CT molecular complexity index is 1250. The second-order valence-corrected chi connectivity index (χ2v) is 9.00. The van der Waals surface area contributed by atoms with E-state index in [0.29, 0.717) is 17.1 Å². The molecule has 11 heteroatoms. The van der Waals surface area contributed by atoms with Gasteiger partial charge in [-0.15, -0.1) is 0 Å². The van der Waals surface area contributed by atoms with Gasteiger partial charge in [0.1, 0.15) is 34.5 Å². The first-order valence-corrected chi connectivity index (χ1v) is 10.9. The summed E-state index contributed by atoms with van der Waals surface area (Å²) >= 11 is 0. The van der Waals surface area contributed by atoms with Gasteiger partial charge in [-0.25, -0.2) is 4.68 Å². The average Bonchev–Trinajstić information content (AvgIpc) is 3.41. The van der Waals surface area contributed by atoms with Crippen LogP contribution in [0.5, 0.6) is 5.75 Å². The topological polar surface area (TPSA) is 88.1 Å². The molecule has 0 spiro atoms. The smallest absolute Gasteiger partial charge is 0.403 e. The van der Waals surface area contributed by atoms with Gasteiger partial charge in [-0.3, -0.25) is 9.89 Å². The van der Waals surface area contributed by atoms with Crippen molar-refractivity contribution < 1.29 is 17.9 Å². The van der Waals surface area contributed by atoms with E-state index in [1.54, 1.807) is 11.0 Å². The normalized spacial score (nSPS) is 20.6. The number of aromatic nitrogens is 4. The van der Waals surface area contributed by atoms with Crippen LogP contribution in [0.15, 0.2) is 29.1 Å². The van der Waals surface area contributed by atoms with Crippen molar-refractivity contribution in [2.24, 2.45) is 7.05 Å². The van der Waals surface area contributed by atoms with Gasteiger partial charge >= 0.3 is 6.18 Å². The molecule has 176 valence electrons. The minimum absolute atomic E-state index is 0.105. The van der Waals surface area contributed by atoms with Crippen molar-refractivity contribution in [3.05, 3.63) is 34.6 Å². The Morgan fingerprint density at radius 2 is 2.00 bits per heavy atom. The fourth-order valence-corrected chi connectivity index (χ4v) is 4.14. The molecule has 3 aromatic rings. The van der Waals surface area contributed by atoms with Crippen molar-refractivity contribution in [3.8, 4) is 17.1 Å². The highest BCUT2D eigenvalue weighted by atomic mass is 19.4. The number of halogens is 3. The maximum atomic E-state index is 13.2. The number of rotatable bonds is 4. The lowest BCUT2D eigenvalue weighted by molar-refractivity contribution is -0.155. The lowest BCUT2D eigenvalue weighted by Gasteiger charge is -2.22. The maximum Gasteiger partial charge on any atom is 0.403 e. The maximum absolute atomic E-state index is 13.2. The van der Waals surface area contributed by atoms with Crippen molar-refractivity contribution >= 4 is 16.6 Å². The van der Waals surface area contributed by atoms with Crippen molar-refractivity contribution in [3.63, 3.8) is 0 Å². The third-order valence-corrected chi connectivity index (χ3v) is 6.34. The number of H-pyrrole nitrogens is 1. The number of hydrogen-bond acceptors (Lipinski definition) is 6. The van der Waals surface area contributed by atoms with E-state index in [9.17, 15) is 18.0 Å². The third kappa shape index (κ3) is 4.29. The molecule has 1 saturated carbocycles. The predicted octanol–water partition coefficient (Wildman–Crippen LogP) is 2.99. The number of anilines is 1. The Morgan fingerprint density at radius 3 is 2.73 bits per heavy atom. The van der Waals surface area contributed by atoms with Crippen molar-refractivity contribution in [1.82, 2.24) is 25.3 Å². The van der Waals surface area contributed by atoms with E-state index in [4.69, 9.17) is 4.74 Å². The monoisotopic (exact) mass is 462 g/mol. The van der Waals surface area contributed by atoms with Crippen LogP contribution in [0, 0.1) is 0 Å². The highest BCUT2D eigenvalue weighted by molar-refractivity contribution is 5.93. The average molecular weight is 462 g/mol. The summed E-state index contributed by atoms with van der Waals surface area (Å²) in [4.78, 5) is 14.5. The standard InChI is InChI=1S/C22H25F3N6O2/c1-21(6-7-21)33-13-3-4-15-14(11-13)19(28-27-15)16-12-17(20(32)30(2)29-16)31-9-5-18(22(23,24)25)26-8-10-31/h3-4,11-12,18,26H,5-10H2,1-2H3,(H,27,28). The molecule has 2 aliphatic rings. The summed E-state index contributed by atoms with van der Waals surface area (Å²) in [6.07, 6.45) is -2.45. The molecule has 2 fully saturated rings. The van der Waals surface area contributed by atoms with Crippen LogP contribution in [0.3, 0.4) is 0 Å². The number of benzene rings is 1. The molecule has 1 aliphatic carbocycles. The first-order chi connectivity index (χ1) is 15.6. The van der Waals surface area contributed by atoms with Crippen LogP contribution in [-0.2, 0) is 7.05 Å². The molecule has 1 saturated heterocycles.